The second kappa shape index (κ2) is 9.47. The van der Waals surface area contributed by atoms with Crippen LogP contribution in [-0.4, -0.2) is 38.8 Å². The van der Waals surface area contributed by atoms with Crippen molar-refractivity contribution in [2.45, 2.75) is 50.6 Å². The molecule has 0 spiro atoms. The van der Waals surface area contributed by atoms with Crippen molar-refractivity contribution in [1.82, 2.24) is 4.90 Å². The first-order chi connectivity index (χ1) is 17.9. The Labute approximate surface area is 223 Å². The van der Waals surface area contributed by atoms with E-state index < -0.39 is 10.0 Å². The van der Waals surface area contributed by atoms with Crippen molar-refractivity contribution in [3.8, 4) is 5.75 Å². The number of benzene rings is 3. The number of anilines is 2. The van der Waals surface area contributed by atoms with E-state index in [1.165, 1.54) is 10.5 Å². The fourth-order valence-corrected chi connectivity index (χ4v) is 5.83. The van der Waals surface area contributed by atoms with Gasteiger partial charge in [0.05, 0.1) is 22.7 Å². The molecule has 0 bridgehead atoms. The number of ether oxygens (including phenoxy) is 1. The molecule has 2 aliphatic rings. The van der Waals surface area contributed by atoms with Gasteiger partial charge in [0.15, 0.2) is 12.4 Å². The molecular weight excluding hydrogens is 502 g/mol. The maximum atomic E-state index is 13.3. The zero-order valence-corrected chi connectivity index (χ0v) is 22.8. The minimum Gasteiger partial charge on any atom is -0.479 e. The van der Waals surface area contributed by atoms with E-state index in [9.17, 15) is 18.0 Å². The lowest BCUT2D eigenvalue weighted by Crippen LogP contribution is -2.35. The number of fused-ring (bicyclic) bond motifs is 2. The Hall–Kier alpha value is -3.85. The second-order valence-corrected chi connectivity index (χ2v) is 12.5. The molecule has 9 heteroatoms. The summed E-state index contributed by atoms with van der Waals surface area (Å²) in [4.78, 5) is 28.3. The molecule has 2 amide bonds. The molecule has 0 aromatic heterocycles. The number of likely N-dealkylation sites (N-methyl/N-ethyl adjacent to an activating group) is 1. The van der Waals surface area contributed by atoms with Crippen LogP contribution in [0.15, 0.2) is 65.6 Å². The molecule has 0 aliphatic carbocycles. The average Bonchev–Trinajstić information content (AvgIpc) is 3.30. The Morgan fingerprint density at radius 3 is 2.42 bits per heavy atom. The van der Waals surface area contributed by atoms with E-state index in [1.54, 1.807) is 48.3 Å². The molecule has 2 heterocycles. The predicted octanol–water partition coefficient (Wildman–Crippen LogP) is 4.23. The van der Waals surface area contributed by atoms with Crippen molar-refractivity contribution in [3.05, 3.63) is 82.9 Å². The lowest BCUT2D eigenvalue weighted by molar-refractivity contribution is -0.131. The van der Waals surface area contributed by atoms with Crippen molar-refractivity contribution in [2.24, 2.45) is 0 Å². The van der Waals surface area contributed by atoms with Gasteiger partial charge >= 0.3 is 0 Å². The van der Waals surface area contributed by atoms with Crippen LogP contribution in [0.5, 0.6) is 5.75 Å². The van der Waals surface area contributed by atoms with E-state index in [2.05, 4.69) is 37.6 Å². The van der Waals surface area contributed by atoms with Crippen LogP contribution in [0.2, 0.25) is 0 Å². The van der Waals surface area contributed by atoms with E-state index in [0.717, 1.165) is 16.7 Å². The molecule has 0 saturated carbocycles. The highest BCUT2D eigenvalue weighted by atomic mass is 32.2. The van der Waals surface area contributed by atoms with E-state index in [4.69, 9.17) is 4.74 Å². The predicted molar refractivity (Wildman–Crippen MR) is 146 cm³/mol. The molecule has 0 atom stereocenters. The third-order valence-corrected chi connectivity index (χ3v) is 8.42. The number of nitrogens with one attached hydrogen (secondary N) is 1. The number of nitrogens with zero attached hydrogens (tertiary/aromatic N) is 2. The molecule has 0 radical (unpaired) electrons. The smallest absolute Gasteiger partial charge is 0.264 e. The zero-order valence-electron chi connectivity index (χ0n) is 21.9. The Morgan fingerprint density at radius 2 is 1.71 bits per heavy atom. The van der Waals surface area contributed by atoms with Crippen molar-refractivity contribution in [2.75, 3.05) is 23.3 Å². The third kappa shape index (κ3) is 4.98. The van der Waals surface area contributed by atoms with Gasteiger partial charge in [0.25, 0.3) is 15.9 Å². The SMILES string of the molecule is CN1C(=O)COc2c(NS(=O)(=O)c3ccc4c(c3)CN(C(=O)Cc3ccc(C(C)(C)C)cc3)C4)cccc21. The van der Waals surface area contributed by atoms with Gasteiger partial charge < -0.3 is 14.5 Å². The number of hydrogen-bond donors (Lipinski definition) is 1. The summed E-state index contributed by atoms with van der Waals surface area (Å²) in [6.45, 7) is 7.10. The van der Waals surface area contributed by atoms with Crippen molar-refractivity contribution in [1.29, 1.82) is 0 Å². The monoisotopic (exact) mass is 533 g/mol. The second-order valence-electron chi connectivity index (χ2n) is 10.8. The maximum Gasteiger partial charge on any atom is 0.264 e. The van der Waals surface area contributed by atoms with Gasteiger partial charge in [-0.05, 0) is 51.9 Å². The number of rotatable bonds is 5. The summed E-state index contributed by atoms with van der Waals surface area (Å²) in [5.74, 6) is 0.0998. The van der Waals surface area contributed by atoms with Gasteiger partial charge in [0.1, 0.15) is 0 Å². The maximum absolute atomic E-state index is 13.3. The summed E-state index contributed by atoms with van der Waals surface area (Å²) in [6.07, 6.45) is 0.293. The van der Waals surface area contributed by atoms with Crippen LogP contribution in [0.25, 0.3) is 0 Å². The van der Waals surface area contributed by atoms with Crippen LogP contribution in [0, 0.1) is 0 Å². The first-order valence-corrected chi connectivity index (χ1v) is 13.9. The number of sulfonamides is 1. The Kier molecular flexibility index (Phi) is 6.43. The van der Waals surface area contributed by atoms with Gasteiger partial charge in [-0.1, -0.05) is 57.2 Å². The van der Waals surface area contributed by atoms with Gasteiger partial charge in [0, 0.05) is 20.1 Å². The summed E-state index contributed by atoms with van der Waals surface area (Å²) in [5, 5.41) is 0. The lowest BCUT2D eigenvalue weighted by atomic mass is 9.86. The molecule has 198 valence electrons. The molecule has 0 unspecified atom stereocenters. The molecular formula is C29H31N3O5S. The Morgan fingerprint density at radius 1 is 1.00 bits per heavy atom. The molecule has 8 nitrogen and oxygen atoms in total. The number of carbonyl (C=O) groups excluding carboxylic acids is 2. The van der Waals surface area contributed by atoms with Gasteiger partial charge in [0.2, 0.25) is 5.91 Å². The van der Waals surface area contributed by atoms with E-state index >= 15 is 0 Å². The van der Waals surface area contributed by atoms with Gasteiger partial charge in [-0.3, -0.25) is 14.3 Å². The largest absolute Gasteiger partial charge is 0.479 e. The first-order valence-electron chi connectivity index (χ1n) is 12.5. The van der Waals surface area contributed by atoms with Crippen molar-refractivity contribution >= 4 is 33.2 Å². The molecule has 0 saturated heterocycles. The van der Waals surface area contributed by atoms with E-state index in [0.29, 0.717) is 30.9 Å². The summed E-state index contributed by atoms with van der Waals surface area (Å²) >= 11 is 0. The fraction of sp³-hybridized carbons (Fsp3) is 0.310. The third-order valence-electron chi connectivity index (χ3n) is 7.05. The zero-order chi connectivity index (χ0) is 27.2. The van der Waals surface area contributed by atoms with E-state index in [1.807, 2.05) is 12.1 Å². The summed E-state index contributed by atoms with van der Waals surface area (Å²) in [6, 6.07) is 18.0. The molecule has 5 rings (SSSR count). The Bertz CT molecular complexity index is 1520. The highest BCUT2D eigenvalue weighted by Crippen LogP contribution is 2.39. The number of para-hydroxylation sites is 1. The number of carbonyl (C=O) groups is 2. The van der Waals surface area contributed by atoms with Crippen LogP contribution in [0.4, 0.5) is 11.4 Å². The number of hydrogen-bond acceptors (Lipinski definition) is 5. The highest BCUT2D eigenvalue weighted by molar-refractivity contribution is 7.92. The van der Waals surface area contributed by atoms with Crippen LogP contribution < -0.4 is 14.4 Å². The topological polar surface area (TPSA) is 96.0 Å². The molecule has 0 fully saturated rings. The van der Waals surface area contributed by atoms with Crippen molar-refractivity contribution in [3.63, 3.8) is 0 Å². The minimum atomic E-state index is -3.94. The molecule has 3 aromatic carbocycles. The molecule has 1 N–H and O–H groups in total. The molecule has 3 aromatic rings. The summed E-state index contributed by atoms with van der Waals surface area (Å²) < 4.78 is 34.7. The Balaban J connectivity index is 1.29. The van der Waals surface area contributed by atoms with Crippen LogP contribution in [-0.2, 0) is 44.5 Å². The lowest BCUT2D eigenvalue weighted by Gasteiger charge is -2.27. The summed E-state index contributed by atoms with van der Waals surface area (Å²) in [5.41, 5.74) is 4.71. The molecule has 2 aliphatic heterocycles. The van der Waals surface area contributed by atoms with Crippen LogP contribution >= 0.6 is 0 Å². The minimum absolute atomic E-state index is 0.000954. The highest BCUT2D eigenvalue weighted by Gasteiger charge is 2.28. The van der Waals surface area contributed by atoms with Crippen molar-refractivity contribution < 1.29 is 22.7 Å². The quantitative estimate of drug-likeness (QED) is 0.530. The van der Waals surface area contributed by atoms with Crippen LogP contribution in [0.1, 0.15) is 43.0 Å². The fourth-order valence-electron chi connectivity index (χ4n) is 4.71. The van der Waals surface area contributed by atoms with Gasteiger partial charge in [-0.2, -0.15) is 0 Å². The average molecular weight is 534 g/mol. The summed E-state index contributed by atoms with van der Waals surface area (Å²) in [7, 11) is -2.32. The standard InChI is InChI=1S/C29H31N3O5S/c1-29(2,3)22-11-8-19(9-12-22)14-26(33)32-16-20-10-13-23(15-21(20)17-32)38(35,36)30-24-6-5-7-25-28(24)37-18-27(34)31(25)4/h5-13,15,30H,14,16-18H2,1-4H3. The first kappa shape index (κ1) is 25.8. The molecule has 38 heavy (non-hydrogen) atoms. The van der Waals surface area contributed by atoms with Gasteiger partial charge in [-0.15, -0.1) is 0 Å². The van der Waals surface area contributed by atoms with Gasteiger partial charge in [-0.25, -0.2) is 8.42 Å². The normalized spacial score (nSPS) is 15.1. The van der Waals surface area contributed by atoms with E-state index in [-0.39, 0.29) is 34.4 Å². The number of amides is 2. The van der Waals surface area contributed by atoms with Crippen LogP contribution in [0.3, 0.4) is 0 Å².